The summed E-state index contributed by atoms with van der Waals surface area (Å²) in [4.78, 5) is 2.16. The van der Waals surface area contributed by atoms with E-state index in [0.29, 0.717) is 30.9 Å². The number of benzene rings is 1. The molecule has 2 rings (SSSR count). The van der Waals surface area contributed by atoms with Gasteiger partial charge in [-0.3, -0.25) is 4.90 Å². The summed E-state index contributed by atoms with van der Waals surface area (Å²) in [6.45, 7) is 3.43. The van der Waals surface area contributed by atoms with Crippen molar-refractivity contribution in [2.24, 2.45) is 0 Å². The second-order valence-corrected chi connectivity index (χ2v) is 3.94. The van der Waals surface area contributed by atoms with Gasteiger partial charge in [0, 0.05) is 30.8 Å². The number of hydrogen-bond acceptors (Lipinski definition) is 3. The van der Waals surface area contributed by atoms with Crippen LogP contribution in [0.4, 0.5) is 4.39 Å². The lowest BCUT2D eigenvalue weighted by atomic mass is 10.1. The molecule has 16 heavy (non-hydrogen) atoms. The summed E-state index contributed by atoms with van der Waals surface area (Å²) in [6.07, 6.45) is 0. The van der Waals surface area contributed by atoms with E-state index in [2.05, 4.69) is 4.90 Å². The van der Waals surface area contributed by atoms with Crippen LogP contribution in [0.15, 0.2) is 18.2 Å². The van der Waals surface area contributed by atoms with Crippen LogP contribution in [0.3, 0.4) is 0 Å². The maximum absolute atomic E-state index is 13.8. The fourth-order valence-electron chi connectivity index (χ4n) is 1.88. The molecule has 1 aromatic carbocycles. The van der Waals surface area contributed by atoms with Gasteiger partial charge in [-0.05, 0) is 0 Å². The topological polar surface area (TPSA) is 32.7 Å². The van der Waals surface area contributed by atoms with Crippen LogP contribution in [-0.4, -0.2) is 36.3 Å². The van der Waals surface area contributed by atoms with Crippen molar-refractivity contribution < 1.29 is 14.2 Å². The molecule has 0 unspecified atom stereocenters. The number of aliphatic hydroxyl groups excluding tert-OH is 1. The van der Waals surface area contributed by atoms with E-state index in [9.17, 15) is 4.39 Å². The molecule has 1 saturated heterocycles. The van der Waals surface area contributed by atoms with E-state index in [0.717, 1.165) is 13.1 Å². The van der Waals surface area contributed by atoms with Crippen molar-refractivity contribution in [2.75, 3.05) is 26.3 Å². The number of hydrogen-bond donors (Lipinski definition) is 1. The zero-order valence-corrected chi connectivity index (χ0v) is 9.16. The van der Waals surface area contributed by atoms with Gasteiger partial charge in [-0.2, -0.15) is 0 Å². The standard InChI is InChI=1S/C12H16FNO2/c13-12-10(2-1-3-11(12)9-15)8-14-4-6-16-7-5-14/h1-3,15H,4-9H2. The van der Waals surface area contributed by atoms with Crippen molar-refractivity contribution in [3.8, 4) is 0 Å². The molecule has 0 spiro atoms. The van der Waals surface area contributed by atoms with Crippen LogP contribution in [0.2, 0.25) is 0 Å². The SMILES string of the molecule is OCc1cccc(CN2CCOCC2)c1F. The minimum Gasteiger partial charge on any atom is -0.392 e. The second kappa shape index (κ2) is 5.39. The fourth-order valence-corrected chi connectivity index (χ4v) is 1.88. The van der Waals surface area contributed by atoms with Gasteiger partial charge in [0.1, 0.15) is 5.82 Å². The Kier molecular flexibility index (Phi) is 3.88. The zero-order chi connectivity index (χ0) is 11.4. The van der Waals surface area contributed by atoms with Crippen molar-refractivity contribution in [2.45, 2.75) is 13.2 Å². The largest absolute Gasteiger partial charge is 0.392 e. The molecular weight excluding hydrogens is 209 g/mol. The van der Waals surface area contributed by atoms with Gasteiger partial charge in [0.05, 0.1) is 19.8 Å². The molecule has 0 saturated carbocycles. The summed E-state index contributed by atoms with van der Waals surface area (Å²) in [6, 6.07) is 5.16. The maximum atomic E-state index is 13.8. The van der Waals surface area contributed by atoms with Gasteiger partial charge in [-0.1, -0.05) is 18.2 Å². The van der Waals surface area contributed by atoms with Gasteiger partial charge in [-0.15, -0.1) is 0 Å². The molecule has 88 valence electrons. The molecule has 0 aliphatic carbocycles. The van der Waals surface area contributed by atoms with E-state index in [-0.39, 0.29) is 12.4 Å². The van der Waals surface area contributed by atoms with Crippen molar-refractivity contribution >= 4 is 0 Å². The Labute approximate surface area is 94.4 Å². The van der Waals surface area contributed by atoms with Gasteiger partial charge < -0.3 is 9.84 Å². The molecule has 4 heteroatoms. The lowest BCUT2D eigenvalue weighted by molar-refractivity contribution is 0.0337. The fraction of sp³-hybridized carbons (Fsp3) is 0.500. The number of rotatable bonds is 3. The summed E-state index contributed by atoms with van der Waals surface area (Å²) < 4.78 is 19.0. The third kappa shape index (κ3) is 2.58. The number of nitrogens with zero attached hydrogens (tertiary/aromatic N) is 1. The Hall–Kier alpha value is -0.970. The normalized spacial score (nSPS) is 17.6. The van der Waals surface area contributed by atoms with Crippen LogP contribution >= 0.6 is 0 Å². The summed E-state index contributed by atoms with van der Waals surface area (Å²) in [5.41, 5.74) is 1.01. The summed E-state index contributed by atoms with van der Waals surface area (Å²) in [5, 5.41) is 8.98. The van der Waals surface area contributed by atoms with Crippen molar-refractivity contribution in [3.63, 3.8) is 0 Å². The first-order valence-electron chi connectivity index (χ1n) is 5.48. The summed E-state index contributed by atoms with van der Waals surface area (Å²) >= 11 is 0. The van der Waals surface area contributed by atoms with E-state index >= 15 is 0 Å². The number of ether oxygens (including phenoxy) is 1. The molecule has 1 aliphatic rings. The smallest absolute Gasteiger partial charge is 0.133 e. The second-order valence-electron chi connectivity index (χ2n) is 3.94. The predicted octanol–water partition coefficient (Wildman–Crippen LogP) is 1.15. The van der Waals surface area contributed by atoms with Crippen molar-refractivity contribution in [3.05, 3.63) is 35.1 Å². The van der Waals surface area contributed by atoms with Crippen LogP contribution < -0.4 is 0 Å². The Morgan fingerprint density at radius 3 is 2.62 bits per heavy atom. The van der Waals surface area contributed by atoms with E-state index in [1.807, 2.05) is 0 Å². The van der Waals surface area contributed by atoms with Gasteiger partial charge in [0.2, 0.25) is 0 Å². The molecule has 0 radical (unpaired) electrons. The van der Waals surface area contributed by atoms with Crippen LogP contribution in [0.1, 0.15) is 11.1 Å². The van der Waals surface area contributed by atoms with Gasteiger partial charge >= 0.3 is 0 Å². The molecule has 0 aromatic heterocycles. The molecule has 1 aliphatic heterocycles. The van der Waals surface area contributed by atoms with E-state index in [1.165, 1.54) is 0 Å². The number of halogens is 1. The Bertz CT molecular complexity index is 351. The molecular formula is C12H16FNO2. The first-order valence-corrected chi connectivity index (χ1v) is 5.48. The average molecular weight is 225 g/mol. The molecule has 3 nitrogen and oxygen atoms in total. The number of aliphatic hydroxyl groups is 1. The lowest BCUT2D eigenvalue weighted by Gasteiger charge is -2.26. The highest BCUT2D eigenvalue weighted by Crippen LogP contribution is 2.15. The molecule has 1 N–H and O–H groups in total. The van der Waals surface area contributed by atoms with Crippen LogP contribution in [-0.2, 0) is 17.9 Å². The third-order valence-corrected chi connectivity index (χ3v) is 2.83. The van der Waals surface area contributed by atoms with E-state index < -0.39 is 0 Å². The summed E-state index contributed by atoms with van der Waals surface area (Å²) in [7, 11) is 0. The molecule has 0 amide bonds. The van der Waals surface area contributed by atoms with Gasteiger partial charge in [-0.25, -0.2) is 4.39 Å². The van der Waals surface area contributed by atoms with Crippen molar-refractivity contribution in [1.82, 2.24) is 4.90 Å². The minimum absolute atomic E-state index is 0.247. The van der Waals surface area contributed by atoms with Crippen LogP contribution in [0, 0.1) is 5.82 Å². The minimum atomic E-state index is -0.281. The van der Waals surface area contributed by atoms with Crippen molar-refractivity contribution in [1.29, 1.82) is 0 Å². The third-order valence-electron chi connectivity index (χ3n) is 2.83. The molecule has 0 atom stereocenters. The molecule has 1 fully saturated rings. The summed E-state index contributed by atoms with van der Waals surface area (Å²) in [5.74, 6) is -0.281. The average Bonchev–Trinajstić information content (AvgIpc) is 2.33. The highest BCUT2D eigenvalue weighted by Gasteiger charge is 2.14. The number of morpholine rings is 1. The lowest BCUT2D eigenvalue weighted by Crippen LogP contribution is -2.35. The maximum Gasteiger partial charge on any atom is 0.133 e. The first kappa shape index (κ1) is 11.5. The highest BCUT2D eigenvalue weighted by atomic mass is 19.1. The van der Waals surface area contributed by atoms with E-state index in [1.54, 1.807) is 18.2 Å². The van der Waals surface area contributed by atoms with Crippen LogP contribution in [0.25, 0.3) is 0 Å². The first-order chi connectivity index (χ1) is 7.81. The Balaban J connectivity index is 2.08. The van der Waals surface area contributed by atoms with Crippen LogP contribution in [0.5, 0.6) is 0 Å². The zero-order valence-electron chi connectivity index (χ0n) is 9.16. The quantitative estimate of drug-likeness (QED) is 0.837. The molecule has 1 aromatic rings. The van der Waals surface area contributed by atoms with Gasteiger partial charge in [0.25, 0.3) is 0 Å². The Morgan fingerprint density at radius 2 is 1.94 bits per heavy atom. The van der Waals surface area contributed by atoms with E-state index in [4.69, 9.17) is 9.84 Å². The molecule has 0 bridgehead atoms. The molecule has 1 heterocycles. The predicted molar refractivity (Wildman–Crippen MR) is 58.4 cm³/mol. The monoisotopic (exact) mass is 225 g/mol. The van der Waals surface area contributed by atoms with Gasteiger partial charge in [0.15, 0.2) is 0 Å². The highest BCUT2D eigenvalue weighted by molar-refractivity contribution is 5.25. The Morgan fingerprint density at radius 1 is 1.25 bits per heavy atom.